The Labute approximate surface area is 279 Å². The van der Waals surface area contributed by atoms with Gasteiger partial charge in [-0.05, 0) is 80.6 Å². The molecule has 0 radical (unpaired) electrons. The van der Waals surface area contributed by atoms with E-state index in [0.717, 1.165) is 40.8 Å². The molecule has 0 aliphatic heterocycles. The number of anilines is 1. The molecule has 0 spiro atoms. The van der Waals surface area contributed by atoms with Crippen LogP contribution in [0.3, 0.4) is 0 Å². The number of aromatic amines is 1. The molecule has 2 aromatic carbocycles. The minimum atomic E-state index is -0.153. The SMILES string of the molecule is CC.CC.CC.CCC.CCc1cccc(C(=O)Nc2nc3ccccc3[nH]2)c1.CN=C(/C=C\C(C)=O)/C(=C/N)C/C=C/CNC. The first kappa shape index (κ1) is 46.1. The quantitative estimate of drug-likeness (QED) is 0.101. The molecule has 0 aliphatic rings. The van der Waals surface area contributed by atoms with E-state index in [1.54, 1.807) is 19.2 Å². The molecule has 0 saturated carbocycles. The highest BCUT2D eigenvalue weighted by Crippen LogP contribution is 2.14. The fourth-order valence-electron chi connectivity index (χ4n) is 3.32. The number of hydrogen-bond donors (Lipinski definition) is 4. The normalized spacial score (nSPS) is 10.5. The summed E-state index contributed by atoms with van der Waals surface area (Å²) < 4.78 is 0. The number of amides is 1. The summed E-state index contributed by atoms with van der Waals surface area (Å²) in [7, 11) is 3.57. The summed E-state index contributed by atoms with van der Waals surface area (Å²) in [5, 5.41) is 5.81. The number of fused-ring (bicyclic) bond motifs is 1. The van der Waals surface area contributed by atoms with Crippen molar-refractivity contribution in [2.45, 2.75) is 88.5 Å². The number of imidazole rings is 1. The highest BCUT2D eigenvalue weighted by Gasteiger charge is 2.09. The zero-order valence-electron chi connectivity index (χ0n) is 30.6. The molecule has 0 atom stereocenters. The van der Waals surface area contributed by atoms with Gasteiger partial charge in [0.15, 0.2) is 5.78 Å². The number of para-hydroxylation sites is 2. The lowest BCUT2D eigenvalue weighted by atomic mass is 10.1. The number of allylic oxidation sites excluding steroid dienone is 4. The first-order valence-electron chi connectivity index (χ1n) is 16.5. The number of aryl methyl sites for hydroxylation is 1. The Hall–Kier alpha value is -4.30. The predicted molar refractivity (Wildman–Crippen MR) is 203 cm³/mol. The number of nitrogens with one attached hydrogen (secondary N) is 3. The van der Waals surface area contributed by atoms with Crippen molar-refractivity contribution in [3.05, 3.63) is 95.7 Å². The number of carbonyl (C=O) groups excluding carboxylic acids is 2. The maximum Gasteiger partial charge on any atom is 0.257 e. The summed E-state index contributed by atoms with van der Waals surface area (Å²) in [4.78, 5) is 34.6. The number of likely N-dealkylation sites (N-methyl/N-ethyl adjacent to an activating group) is 1. The van der Waals surface area contributed by atoms with Crippen molar-refractivity contribution >= 4 is 34.4 Å². The minimum Gasteiger partial charge on any atom is -0.404 e. The Morgan fingerprint density at radius 2 is 1.57 bits per heavy atom. The van der Waals surface area contributed by atoms with E-state index in [0.29, 0.717) is 17.9 Å². The minimum absolute atomic E-state index is 0.00625. The molecule has 0 bridgehead atoms. The highest BCUT2D eigenvalue weighted by atomic mass is 16.1. The lowest BCUT2D eigenvalue weighted by Gasteiger charge is -2.03. The lowest BCUT2D eigenvalue weighted by Crippen LogP contribution is -2.13. The van der Waals surface area contributed by atoms with Gasteiger partial charge in [0.1, 0.15) is 0 Å². The van der Waals surface area contributed by atoms with Crippen molar-refractivity contribution in [2.75, 3.05) is 26.0 Å². The Bertz CT molecular complexity index is 1290. The van der Waals surface area contributed by atoms with Crippen LogP contribution in [0.2, 0.25) is 0 Å². The number of ketones is 1. The van der Waals surface area contributed by atoms with Crippen molar-refractivity contribution in [2.24, 2.45) is 10.7 Å². The summed E-state index contributed by atoms with van der Waals surface area (Å²) in [5.41, 5.74) is 10.7. The van der Waals surface area contributed by atoms with E-state index in [-0.39, 0.29) is 11.7 Å². The summed E-state index contributed by atoms with van der Waals surface area (Å²) in [5.74, 6) is 0.311. The zero-order valence-corrected chi connectivity index (χ0v) is 30.6. The smallest absolute Gasteiger partial charge is 0.257 e. The van der Waals surface area contributed by atoms with Crippen LogP contribution >= 0.6 is 0 Å². The van der Waals surface area contributed by atoms with Gasteiger partial charge >= 0.3 is 0 Å². The number of H-pyrrole nitrogens is 1. The Balaban J connectivity index is -0.000000650. The van der Waals surface area contributed by atoms with Crippen LogP contribution in [0.5, 0.6) is 0 Å². The van der Waals surface area contributed by atoms with Crippen molar-refractivity contribution in [3.8, 4) is 0 Å². The van der Waals surface area contributed by atoms with Gasteiger partial charge in [0, 0.05) is 19.2 Å². The average Bonchev–Trinajstić information content (AvgIpc) is 3.51. The van der Waals surface area contributed by atoms with Crippen LogP contribution < -0.4 is 16.4 Å². The summed E-state index contributed by atoms with van der Waals surface area (Å²) >= 11 is 0. The first-order chi connectivity index (χ1) is 22.3. The molecule has 8 nitrogen and oxygen atoms in total. The zero-order chi connectivity index (χ0) is 35.8. The molecular formula is C38H62N6O2. The molecule has 1 aromatic heterocycles. The molecule has 3 rings (SSSR count). The van der Waals surface area contributed by atoms with Crippen molar-refractivity contribution < 1.29 is 9.59 Å². The number of benzene rings is 2. The molecule has 0 fully saturated rings. The maximum absolute atomic E-state index is 12.2. The van der Waals surface area contributed by atoms with E-state index in [9.17, 15) is 9.59 Å². The van der Waals surface area contributed by atoms with Gasteiger partial charge in [-0.25, -0.2) is 4.98 Å². The number of hydrogen-bond acceptors (Lipinski definition) is 6. The predicted octanol–water partition coefficient (Wildman–Crippen LogP) is 9.08. The molecule has 0 saturated heterocycles. The van der Waals surface area contributed by atoms with E-state index in [2.05, 4.69) is 46.4 Å². The van der Waals surface area contributed by atoms with Gasteiger partial charge in [0.05, 0.1) is 16.7 Å². The van der Waals surface area contributed by atoms with Gasteiger partial charge < -0.3 is 16.0 Å². The van der Waals surface area contributed by atoms with E-state index in [1.807, 2.05) is 103 Å². The monoisotopic (exact) mass is 634 g/mol. The van der Waals surface area contributed by atoms with Gasteiger partial charge in [0.25, 0.3) is 5.91 Å². The standard InChI is InChI=1S/C16H15N3O.C13H21N3O.C3H8.3C2H6/c1-2-11-6-5-7-12(10-11)15(20)19-16-17-13-8-3-4-9-14(13)18-16;1-11(17)7-8-13(16-3)12(10-14)6-4-5-9-15-2;1-3-2;3*1-2/h3-10H,2H2,1H3,(H2,17,18,19,20);4-5,7-8,10,15H,6,9,14H2,1-3H3;3H2,1-2H3;3*1-2H3/b;5-4+,8-7-,12-10+,16-13?;;;;. The number of nitrogens with two attached hydrogens (primary N) is 1. The van der Waals surface area contributed by atoms with E-state index in [4.69, 9.17) is 5.73 Å². The van der Waals surface area contributed by atoms with Gasteiger partial charge in [-0.15, -0.1) is 0 Å². The van der Waals surface area contributed by atoms with Crippen LogP contribution in [-0.2, 0) is 11.2 Å². The van der Waals surface area contributed by atoms with Crippen LogP contribution in [0, 0.1) is 0 Å². The molecule has 8 heteroatoms. The summed E-state index contributed by atoms with van der Waals surface area (Å²) in [6.07, 6.45) is 11.6. The molecule has 0 aliphatic carbocycles. The van der Waals surface area contributed by atoms with Crippen molar-refractivity contribution in [1.29, 1.82) is 0 Å². The molecule has 1 amide bonds. The number of nitrogens with zero attached hydrogens (tertiary/aromatic N) is 2. The Morgan fingerprint density at radius 3 is 2.09 bits per heavy atom. The van der Waals surface area contributed by atoms with Crippen LogP contribution in [-0.4, -0.2) is 48.0 Å². The maximum atomic E-state index is 12.2. The molecule has 5 N–H and O–H groups in total. The second kappa shape index (κ2) is 32.1. The fraction of sp³-hybridized carbons (Fsp3) is 0.421. The van der Waals surface area contributed by atoms with Crippen LogP contribution in [0.15, 0.2) is 89.6 Å². The molecule has 3 aromatic rings. The third-order valence-electron chi connectivity index (χ3n) is 5.29. The summed E-state index contributed by atoms with van der Waals surface area (Å²) in [6.45, 7) is 20.6. The Morgan fingerprint density at radius 1 is 0.935 bits per heavy atom. The average molecular weight is 635 g/mol. The van der Waals surface area contributed by atoms with Gasteiger partial charge in [-0.2, -0.15) is 0 Å². The van der Waals surface area contributed by atoms with Crippen LogP contribution in [0.1, 0.15) is 98.0 Å². The topological polar surface area (TPSA) is 125 Å². The van der Waals surface area contributed by atoms with E-state index < -0.39 is 0 Å². The van der Waals surface area contributed by atoms with Gasteiger partial charge in [-0.3, -0.25) is 19.9 Å². The number of carbonyl (C=O) groups is 2. The van der Waals surface area contributed by atoms with Crippen molar-refractivity contribution in [3.63, 3.8) is 0 Å². The fourth-order valence-corrected chi connectivity index (χ4v) is 3.32. The second-order valence-electron chi connectivity index (χ2n) is 8.80. The molecule has 46 heavy (non-hydrogen) atoms. The number of aliphatic imine (C=N–C) groups is 1. The third-order valence-corrected chi connectivity index (χ3v) is 5.29. The largest absolute Gasteiger partial charge is 0.404 e. The third kappa shape index (κ3) is 20.6. The van der Waals surface area contributed by atoms with Crippen LogP contribution in [0.4, 0.5) is 5.95 Å². The summed E-state index contributed by atoms with van der Waals surface area (Å²) in [6, 6.07) is 15.3. The molecular weight excluding hydrogens is 572 g/mol. The van der Waals surface area contributed by atoms with Gasteiger partial charge in [-0.1, -0.05) is 105 Å². The Kier molecular flexibility index (Phi) is 32.2. The van der Waals surface area contributed by atoms with E-state index >= 15 is 0 Å². The first-order valence-corrected chi connectivity index (χ1v) is 16.5. The lowest BCUT2D eigenvalue weighted by molar-refractivity contribution is -0.112. The number of rotatable bonds is 10. The molecule has 256 valence electrons. The van der Waals surface area contributed by atoms with Crippen LogP contribution in [0.25, 0.3) is 11.0 Å². The van der Waals surface area contributed by atoms with E-state index in [1.165, 1.54) is 25.6 Å². The number of aromatic nitrogens is 2. The highest BCUT2D eigenvalue weighted by molar-refractivity contribution is 6.11. The molecule has 0 unspecified atom stereocenters. The second-order valence-corrected chi connectivity index (χ2v) is 8.80. The molecule has 1 heterocycles. The van der Waals surface area contributed by atoms with Gasteiger partial charge in [0.2, 0.25) is 5.95 Å². The van der Waals surface area contributed by atoms with Crippen molar-refractivity contribution in [1.82, 2.24) is 15.3 Å².